The lowest BCUT2D eigenvalue weighted by atomic mass is 10.0. The lowest BCUT2D eigenvalue weighted by Gasteiger charge is -2.19. The van der Waals surface area contributed by atoms with Gasteiger partial charge < -0.3 is 10.1 Å². The zero-order chi connectivity index (χ0) is 24.3. The van der Waals surface area contributed by atoms with Crippen LogP contribution in [0.5, 0.6) is 5.75 Å². The predicted octanol–water partition coefficient (Wildman–Crippen LogP) is 5.90. The van der Waals surface area contributed by atoms with Crippen molar-refractivity contribution in [2.75, 3.05) is 11.9 Å². The zero-order valence-electron chi connectivity index (χ0n) is 19.4. The second-order valence-corrected chi connectivity index (χ2v) is 9.15. The number of para-hydroxylation sites is 1. The molecule has 7 nitrogen and oxygen atoms in total. The molecule has 3 aromatic carbocycles. The fourth-order valence-electron chi connectivity index (χ4n) is 4.47. The van der Waals surface area contributed by atoms with E-state index in [1.54, 1.807) is 0 Å². The van der Waals surface area contributed by atoms with Crippen LogP contribution in [0.3, 0.4) is 0 Å². The van der Waals surface area contributed by atoms with Crippen molar-refractivity contribution in [3.8, 4) is 5.75 Å². The maximum absolute atomic E-state index is 6.45. The van der Waals surface area contributed by atoms with Gasteiger partial charge in [0.2, 0.25) is 0 Å². The molecule has 0 aliphatic carbocycles. The van der Waals surface area contributed by atoms with Gasteiger partial charge in [0, 0.05) is 23.4 Å². The van der Waals surface area contributed by atoms with E-state index in [0.717, 1.165) is 52.1 Å². The first-order valence-corrected chi connectivity index (χ1v) is 12.2. The number of rotatable bonds is 7. The third-order valence-electron chi connectivity index (χ3n) is 6.24. The van der Waals surface area contributed by atoms with Crippen molar-refractivity contribution in [2.24, 2.45) is 0 Å². The number of fused-ring (bicyclic) bond motifs is 2. The molecule has 0 fully saturated rings. The Morgan fingerprint density at radius 2 is 1.92 bits per heavy atom. The molecular weight excluding hydrogens is 472 g/mol. The Morgan fingerprint density at radius 1 is 1.00 bits per heavy atom. The second-order valence-electron chi connectivity index (χ2n) is 8.72. The van der Waals surface area contributed by atoms with Crippen molar-refractivity contribution in [3.63, 3.8) is 0 Å². The Hall–Kier alpha value is -4.23. The summed E-state index contributed by atoms with van der Waals surface area (Å²) in [6.45, 7) is 0.914. The van der Waals surface area contributed by atoms with Gasteiger partial charge in [-0.15, -0.1) is 5.10 Å². The highest BCUT2D eigenvalue weighted by molar-refractivity contribution is 6.31. The number of tetrazole rings is 1. The molecule has 5 aromatic rings. The molecule has 6 rings (SSSR count). The highest BCUT2D eigenvalue weighted by atomic mass is 35.5. The summed E-state index contributed by atoms with van der Waals surface area (Å²) in [6.07, 6.45) is 5.30. The van der Waals surface area contributed by atoms with Gasteiger partial charge >= 0.3 is 0 Å². The SMILES string of the molecule is Clc1ccc2ccc(C=Cc3cccc(CC(Oc4cccc5c4NCC5)c4nnn[nH]4)c3)nc2c1. The molecule has 1 aliphatic rings. The minimum absolute atomic E-state index is 0.361. The molecule has 0 saturated heterocycles. The van der Waals surface area contributed by atoms with Gasteiger partial charge in [0.1, 0.15) is 5.75 Å². The molecular formula is C28H23ClN6O. The van der Waals surface area contributed by atoms with Gasteiger partial charge in [0.15, 0.2) is 11.9 Å². The van der Waals surface area contributed by atoms with Crippen LogP contribution in [0, 0.1) is 0 Å². The van der Waals surface area contributed by atoms with Gasteiger partial charge in [-0.25, -0.2) is 10.1 Å². The fraction of sp³-hybridized carbons (Fsp3) is 0.143. The molecule has 0 amide bonds. The van der Waals surface area contributed by atoms with Crippen LogP contribution in [0.15, 0.2) is 72.8 Å². The first-order valence-electron chi connectivity index (χ1n) is 11.8. The van der Waals surface area contributed by atoms with Crippen LogP contribution in [0.1, 0.15) is 34.3 Å². The van der Waals surface area contributed by atoms with Crippen molar-refractivity contribution < 1.29 is 4.74 Å². The van der Waals surface area contributed by atoms with E-state index in [2.05, 4.69) is 62.3 Å². The highest BCUT2D eigenvalue weighted by Crippen LogP contribution is 2.35. The van der Waals surface area contributed by atoms with Crippen LogP contribution in [0.25, 0.3) is 23.1 Å². The van der Waals surface area contributed by atoms with Crippen LogP contribution in [-0.2, 0) is 12.8 Å². The summed E-state index contributed by atoms with van der Waals surface area (Å²) in [5, 5.41) is 19.7. The van der Waals surface area contributed by atoms with Crippen LogP contribution < -0.4 is 10.1 Å². The van der Waals surface area contributed by atoms with Crippen molar-refractivity contribution in [1.82, 2.24) is 25.6 Å². The summed E-state index contributed by atoms with van der Waals surface area (Å²) in [5.74, 6) is 1.40. The van der Waals surface area contributed by atoms with E-state index in [1.807, 2.05) is 48.5 Å². The quantitative estimate of drug-likeness (QED) is 0.293. The molecule has 2 N–H and O–H groups in total. The average molecular weight is 495 g/mol. The topological polar surface area (TPSA) is 88.6 Å². The third kappa shape index (κ3) is 4.78. The number of pyridine rings is 1. The Balaban J connectivity index is 1.23. The van der Waals surface area contributed by atoms with Crippen molar-refractivity contribution in [2.45, 2.75) is 18.9 Å². The van der Waals surface area contributed by atoms with E-state index >= 15 is 0 Å². The van der Waals surface area contributed by atoms with Gasteiger partial charge in [-0.1, -0.05) is 66.2 Å². The number of H-pyrrole nitrogens is 1. The molecule has 36 heavy (non-hydrogen) atoms. The molecule has 3 heterocycles. The summed E-state index contributed by atoms with van der Waals surface area (Å²) < 4.78 is 6.45. The zero-order valence-corrected chi connectivity index (χ0v) is 20.1. The Bertz CT molecular complexity index is 1550. The molecule has 1 unspecified atom stereocenters. The van der Waals surface area contributed by atoms with E-state index in [0.29, 0.717) is 17.3 Å². The summed E-state index contributed by atoms with van der Waals surface area (Å²) in [5.41, 5.74) is 6.24. The van der Waals surface area contributed by atoms with Crippen LogP contribution in [0.2, 0.25) is 5.02 Å². The van der Waals surface area contributed by atoms with Gasteiger partial charge in [-0.3, -0.25) is 0 Å². The molecule has 0 bridgehead atoms. The summed E-state index contributed by atoms with van der Waals surface area (Å²) >= 11 is 6.13. The molecule has 2 aromatic heterocycles. The first kappa shape index (κ1) is 22.2. The number of nitrogens with one attached hydrogen (secondary N) is 2. The largest absolute Gasteiger partial charge is 0.480 e. The Labute approximate surface area is 213 Å². The Morgan fingerprint density at radius 3 is 2.83 bits per heavy atom. The molecule has 178 valence electrons. The summed E-state index contributed by atoms with van der Waals surface area (Å²) in [6, 6.07) is 24.3. The minimum Gasteiger partial charge on any atom is -0.480 e. The predicted molar refractivity (Wildman–Crippen MR) is 142 cm³/mol. The summed E-state index contributed by atoms with van der Waals surface area (Å²) in [7, 11) is 0. The Kier molecular flexibility index (Phi) is 6.05. The first-order chi connectivity index (χ1) is 17.7. The van der Waals surface area contributed by atoms with Crippen LogP contribution >= 0.6 is 11.6 Å². The molecule has 8 heteroatoms. The number of aromatic nitrogens is 5. The number of ether oxygens (including phenoxy) is 1. The molecule has 0 radical (unpaired) electrons. The summed E-state index contributed by atoms with van der Waals surface area (Å²) in [4.78, 5) is 4.71. The number of halogens is 1. The van der Waals surface area contributed by atoms with E-state index in [1.165, 1.54) is 5.56 Å². The highest BCUT2D eigenvalue weighted by Gasteiger charge is 2.22. The number of aromatic amines is 1. The van der Waals surface area contributed by atoms with Gasteiger partial charge in [-0.2, -0.15) is 0 Å². The number of hydrogen-bond acceptors (Lipinski definition) is 6. The van der Waals surface area contributed by atoms with E-state index in [-0.39, 0.29) is 6.10 Å². The van der Waals surface area contributed by atoms with Crippen molar-refractivity contribution in [1.29, 1.82) is 0 Å². The molecule has 1 aliphatic heterocycles. The maximum atomic E-state index is 6.45. The van der Waals surface area contributed by atoms with E-state index in [9.17, 15) is 0 Å². The minimum atomic E-state index is -0.361. The van der Waals surface area contributed by atoms with E-state index in [4.69, 9.17) is 21.3 Å². The molecule has 0 spiro atoms. The average Bonchev–Trinajstić information content (AvgIpc) is 3.60. The van der Waals surface area contributed by atoms with Crippen LogP contribution in [-0.4, -0.2) is 32.2 Å². The second kappa shape index (κ2) is 9.79. The number of hydrogen-bond donors (Lipinski definition) is 2. The third-order valence-corrected chi connectivity index (χ3v) is 6.47. The van der Waals surface area contributed by atoms with Gasteiger partial charge in [0.05, 0.1) is 16.9 Å². The smallest absolute Gasteiger partial charge is 0.190 e. The molecule has 0 saturated carbocycles. The standard InChI is InChI=1S/C28H23ClN6O/c29-22-10-8-20-9-12-23(31-24(20)17-22)11-7-18-3-1-4-19(15-18)16-26(28-32-34-35-33-28)36-25-6-2-5-21-13-14-30-27(21)25/h1-12,15,17,26,30H,13-14,16H2,(H,32,33,34,35). The van der Waals surface area contributed by atoms with E-state index < -0.39 is 0 Å². The van der Waals surface area contributed by atoms with Crippen LogP contribution in [0.4, 0.5) is 5.69 Å². The lowest BCUT2D eigenvalue weighted by Crippen LogP contribution is -2.14. The van der Waals surface area contributed by atoms with Gasteiger partial charge in [0.25, 0.3) is 0 Å². The number of nitrogens with zero attached hydrogens (tertiary/aromatic N) is 4. The lowest BCUT2D eigenvalue weighted by molar-refractivity contribution is 0.197. The van der Waals surface area contributed by atoms with Gasteiger partial charge in [-0.05, 0) is 63.9 Å². The number of benzene rings is 3. The normalized spacial score (nSPS) is 13.6. The van der Waals surface area contributed by atoms with Crippen molar-refractivity contribution in [3.05, 3.63) is 106 Å². The fourth-order valence-corrected chi connectivity index (χ4v) is 4.64. The maximum Gasteiger partial charge on any atom is 0.190 e. The number of anilines is 1. The van der Waals surface area contributed by atoms with Crippen molar-refractivity contribution >= 4 is 40.3 Å². The molecule has 1 atom stereocenters. The monoisotopic (exact) mass is 494 g/mol.